The highest BCUT2D eigenvalue weighted by Gasteiger charge is 2.45. The number of hydrogen-bond donors (Lipinski definition) is 0. The Morgan fingerprint density at radius 3 is 1.95 bits per heavy atom. The zero-order chi connectivity index (χ0) is 25.1. The van der Waals surface area contributed by atoms with Gasteiger partial charge in [0, 0.05) is 54.9 Å². The third kappa shape index (κ3) is 3.82. The van der Waals surface area contributed by atoms with E-state index >= 15 is 0 Å². The van der Waals surface area contributed by atoms with Gasteiger partial charge in [0.2, 0.25) is 5.95 Å². The molecule has 3 aromatic rings. The molecule has 0 saturated carbocycles. The quantitative estimate of drug-likeness (QED) is 0.416. The first-order valence-electron chi connectivity index (χ1n) is 13.7. The number of anilines is 2. The predicted octanol–water partition coefficient (Wildman–Crippen LogP) is 5.66. The molecule has 0 amide bonds. The molecule has 2 aromatic heterocycles. The van der Waals surface area contributed by atoms with Gasteiger partial charge in [0.15, 0.2) is 0 Å². The summed E-state index contributed by atoms with van der Waals surface area (Å²) in [5.74, 6) is 2.90. The molecule has 0 aliphatic carbocycles. The van der Waals surface area contributed by atoms with Crippen LogP contribution in [0.25, 0.3) is 21.3 Å². The maximum Gasteiger partial charge on any atom is 0.229 e. The largest absolute Gasteiger partial charge is 0.496 e. The fraction of sp³-hybridized carbons (Fsp3) is 0.586. The van der Waals surface area contributed by atoms with Gasteiger partial charge in [-0.1, -0.05) is 18.2 Å². The number of para-hydroxylation sites is 1. The van der Waals surface area contributed by atoms with E-state index < -0.39 is 0 Å². The molecule has 8 heteroatoms. The van der Waals surface area contributed by atoms with Crippen molar-refractivity contribution in [3.8, 4) is 16.9 Å². The first kappa shape index (κ1) is 23.7. The average molecular weight is 521 g/mol. The van der Waals surface area contributed by atoms with Crippen LogP contribution in [0.1, 0.15) is 51.4 Å². The molecule has 0 spiro atoms. The Morgan fingerprint density at radius 2 is 1.35 bits per heavy atom. The summed E-state index contributed by atoms with van der Waals surface area (Å²) in [4.78, 5) is 17.0. The lowest BCUT2D eigenvalue weighted by atomic mass is 9.98. The molecule has 1 aromatic carbocycles. The number of hydrogen-bond acceptors (Lipinski definition) is 8. The van der Waals surface area contributed by atoms with Crippen molar-refractivity contribution < 1.29 is 14.2 Å². The maximum absolute atomic E-state index is 5.83. The van der Waals surface area contributed by atoms with Gasteiger partial charge in [0.1, 0.15) is 16.4 Å². The van der Waals surface area contributed by atoms with Crippen LogP contribution < -0.4 is 14.5 Å². The van der Waals surface area contributed by atoms with Crippen LogP contribution in [0.3, 0.4) is 0 Å². The SMILES string of the molecule is COc1ccccc1-c1csc2nc(N3C4CCC3CC(OC)C4)nc(N3C4CCC3CC(OC)C4)c12. The van der Waals surface area contributed by atoms with E-state index in [2.05, 4.69) is 27.3 Å². The number of nitrogens with zero attached hydrogens (tertiary/aromatic N) is 4. The molecule has 4 atom stereocenters. The Morgan fingerprint density at radius 1 is 0.757 bits per heavy atom. The van der Waals surface area contributed by atoms with Gasteiger partial charge in [0.25, 0.3) is 0 Å². The number of rotatable bonds is 6. The number of methoxy groups -OCH3 is 3. The molecule has 37 heavy (non-hydrogen) atoms. The van der Waals surface area contributed by atoms with Gasteiger partial charge in [0.05, 0.1) is 24.7 Å². The molecule has 4 unspecified atom stereocenters. The predicted molar refractivity (Wildman–Crippen MR) is 148 cm³/mol. The van der Waals surface area contributed by atoms with E-state index in [0.717, 1.165) is 53.6 Å². The van der Waals surface area contributed by atoms with E-state index in [9.17, 15) is 0 Å². The highest BCUT2D eigenvalue weighted by molar-refractivity contribution is 7.17. The van der Waals surface area contributed by atoms with Crippen molar-refractivity contribution in [1.29, 1.82) is 0 Å². The number of piperidine rings is 2. The van der Waals surface area contributed by atoms with Gasteiger partial charge in [-0.25, -0.2) is 4.98 Å². The molecule has 4 bridgehead atoms. The van der Waals surface area contributed by atoms with Gasteiger partial charge in [-0.2, -0.15) is 4.98 Å². The van der Waals surface area contributed by atoms with Gasteiger partial charge >= 0.3 is 0 Å². The minimum absolute atomic E-state index is 0.339. The van der Waals surface area contributed by atoms with Gasteiger partial charge in [-0.15, -0.1) is 11.3 Å². The molecule has 6 heterocycles. The molecular formula is C29H36N4O3S. The smallest absolute Gasteiger partial charge is 0.229 e. The van der Waals surface area contributed by atoms with Crippen molar-refractivity contribution in [3.63, 3.8) is 0 Å². The molecule has 7 nitrogen and oxygen atoms in total. The summed E-state index contributed by atoms with van der Waals surface area (Å²) in [5, 5.41) is 3.42. The van der Waals surface area contributed by atoms with Crippen LogP contribution in [0.5, 0.6) is 5.75 Å². The minimum atomic E-state index is 0.339. The monoisotopic (exact) mass is 520 g/mol. The zero-order valence-electron chi connectivity index (χ0n) is 21.9. The summed E-state index contributed by atoms with van der Waals surface area (Å²) in [6.07, 6.45) is 9.72. The van der Waals surface area contributed by atoms with Crippen molar-refractivity contribution in [2.75, 3.05) is 31.1 Å². The Bertz CT molecular complexity index is 1270. The van der Waals surface area contributed by atoms with E-state index in [1.807, 2.05) is 26.4 Å². The molecule has 196 valence electrons. The third-order valence-corrected chi connectivity index (χ3v) is 10.2. The van der Waals surface area contributed by atoms with Crippen LogP contribution in [0, 0.1) is 0 Å². The maximum atomic E-state index is 5.83. The molecule has 7 rings (SSSR count). The topological polar surface area (TPSA) is 60.0 Å². The first-order valence-corrected chi connectivity index (χ1v) is 14.6. The second kappa shape index (κ2) is 9.40. The first-order chi connectivity index (χ1) is 18.2. The summed E-state index contributed by atoms with van der Waals surface area (Å²) < 4.78 is 17.4. The Balaban J connectivity index is 1.39. The Kier molecular flexibility index (Phi) is 6.02. The van der Waals surface area contributed by atoms with Crippen LogP contribution in [0.2, 0.25) is 0 Å². The third-order valence-electron chi connectivity index (χ3n) is 9.32. The summed E-state index contributed by atoms with van der Waals surface area (Å²) in [7, 11) is 5.46. The Labute approximate surface area is 222 Å². The van der Waals surface area contributed by atoms with Crippen molar-refractivity contribution in [3.05, 3.63) is 29.6 Å². The lowest BCUT2D eigenvalue weighted by Crippen LogP contribution is -2.47. The van der Waals surface area contributed by atoms with Gasteiger partial charge in [-0.3, -0.25) is 0 Å². The summed E-state index contributed by atoms with van der Waals surface area (Å²) in [6, 6.07) is 10.1. The molecular weight excluding hydrogens is 484 g/mol. The molecule has 0 radical (unpaired) electrons. The lowest BCUT2D eigenvalue weighted by molar-refractivity contribution is 0.0678. The zero-order valence-corrected chi connectivity index (χ0v) is 22.7. The number of aromatic nitrogens is 2. The van der Waals surface area contributed by atoms with Crippen molar-refractivity contribution in [1.82, 2.24) is 9.97 Å². The van der Waals surface area contributed by atoms with Crippen molar-refractivity contribution >= 4 is 33.3 Å². The van der Waals surface area contributed by atoms with Crippen LogP contribution in [-0.4, -0.2) is 67.7 Å². The fourth-order valence-corrected chi connectivity index (χ4v) is 8.52. The summed E-state index contributed by atoms with van der Waals surface area (Å²) in [6.45, 7) is 0. The highest BCUT2D eigenvalue weighted by Crippen LogP contribution is 2.48. The van der Waals surface area contributed by atoms with Crippen LogP contribution in [0.4, 0.5) is 11.8 Å². The van der Waals surface area contributed by atoms with E-state index in [1.165, 1.54) is 36.6 Å². The van der Waals surface area contributed by atoms with Crippen LogP contribution in [-0.2, 0) is 9.47 Å². The second-order valence-electron chi connectivity index (χ2n) is 11.1. The number of ether oxygens (including phenoxy) is 3. The van der Waals surface area contributed by atoms with Crippen LogP contribution >= 0.6 is 11.3 Å². The fourth-order valence-electron chi connectivity index (χ4n) is 7.59. The van der Waals surface area contributed by atoms with E-state index in [0.29, 0.717) is 36.4 Å². The Hall–Kier alpha value is -2.42. The number of fused-ring (bicyclic) bond motifs is 5. The van der Waals surface area contributed by atoms with Gasteiger partial charge < -0.3 is 24.0 Å². The number of benzene rings is 1. The highest BCUT2D eigenvalue weighted by atomic mass is 32.1. The molecule has 4 aliphatic heterocycles. The van der Waals surface area contributed by atoms with Crippen LogP contribution in [0.15, 0.2) is 29.6 Å². The van der Waals surface area contributed by atoms with Gasteiger partial charge in [-0.05, 0) is 57.4 Å². The molecule has 4 saturated heterocycles. The second-order valence-corrected chi connectivity index (χ2v) is 12.0. The minimum Gasteiger partial charge on any atom is -0.496 e. The standard InChI is InChI=1S/C29H36N4O3S/c1-34-21-12-17-8-9-18(13-21)32(17)27-26-24(23-6-4-5-7-25(23)36-3)16-37-28(26)31-29(30-27)33-19-10-11-20(33)15-22(14-19)35-2/h4-7,16-22H,8-15H2,1-3H3. The molecule has 4 aliphatic rings. The lowest BCUT2D eigenvalue weighted by Gasteiger charge is -2.41. The normalized spacial score (nSPS) is 30.9. The number of thiophene rings is 1. The average Bonchev–Trinajstić information content (AvgIpc) is 3.56. The van der Waals surface area contributed by atoms with E-state index in [1.54, 1.807) is 18.4 Å². The summed E-state index contributed by atoms with van der Waals surface area (Å²) in [5.41, 5.74) is 2.28. The molecule has 4 fully saturated rings. The molecule has 0 N–H and O–H groups in total. The van der Waals surface area contributed by atoms with Crippen molar-refractivity contribution in [2.45, 2.75) is 87.7 Å². The summed E-state index contributed by atoms with van der Waals surface area (Å²) >= 11 is 1.73. The van der Waals surface area contributed by atoms with E-state index in [-0.39, 0.29) is 0 Å². The van der Waals surface area contributed by atoms with E-state index in [4.69, 9.17) is 24.2 Å². The van der Waals surface area contributed by atoms with Crippen molar-refractivity contribution in [2.24, 2.45) is 0 Å².